The number of benzene rings is 3. The van der Waals surface area contributed by atoms with Crippen molar-refractivity contribution < 1.29 is 23.1 Å². The van der Waals surface area contributed by atoms with Gasteiger partial charge in [-0.25, -0.2) is 8.78 Å². The van der Waals surface area contributed by atoms with Gasteiger partial charge >= 0.3 is 0 Å². The topological polar surface area (TPSA) is 58.6 Å². The van der Waals surface area contributed by atoms with Gasteiger partial charge in [-0.2, -0.15) is 0 Å². The Balaban J connectivity index is 1.73. The summed E-state index contributed by atoms with van der Waals surface area (Å²) in [6, 6.07) is 17.8. The van der Waals surface area contributed by atoms with Crippen LogP contribution in [0.1, 0.15) is 11.1 Å². The molecule has 0 radical (unpaired) electrons. The Kier molecular flexibility index (Phi) is 5.49. The number of nitrogens with zero attached hydrogens (tertiary/aromatic N) is 1. The van der Waals surface area contributed by atoms with Gasteiger partial charge < -0.3 is 10.1 Å². The fourth-order valence-electron chi connectivity index (χ4n) is 3.34. The first kappa shape index (κ1) is 20.3. The number of carbonyl (C=O) groups is 2. The number of halogens is 2. The zero-order chi connectivity index (χ0) is 22.0. The van der Waals surface area contributed by atoms with Gasteiger partial charge in [0.15, 0.2) is 0 Å². The molecule has 0 unspecified atom stereocenters. The number of hydrogen-bond acceptors (Lipinski definition) is 4. The van der Waals surface area contributed by atoms with Gasteiger partial charge in [-0.1, -0.05) is 30.3 Å². The molecule has 156 valence electrons. The van der Waals surface area contributed by atoms with E-state index < -0.39 is 23.4 Å². The van der Waals surface area contributed by atoms with E-state index in [2.05, 4.69) is 5.32 Å². The molecule has 0 saturated heterocycles. The minimum atomic E-state index is -0.531. The largest absolute Gasteiger partial charge is 0.497 e. The molecule has 0 spiro atoms. The maximum atomic E-state index is 13.4. The number of methoxy groups -OCH3 is 1. The summed E-state index contributed by atoms with van der Waals surface area (Å²) < 4.78 is 31.9. The summed E-state index contributed by atoms with van der Waals surface area (Å²) in [7, 11) is 1.52. The van der Waals surface area contributed by atoms with Crippen molar-refractivity contribution in [1.29, 1.82) is 0 Å². The first-order valence-corrected chi connectivity index (χ1v) is 9.48. The summed E-state index contributed by atoms with van der Waals surface area (Å²) >= 11 is 0. The second-order valence-corrected chi connectivity index (χ2v) is 6.94. The Labute approximate surface area is 177 Å². The average molecular weight is 420 g/mol. The third kappa shape index (κ3) is 4.16. The zero-order valence-electron chi connectivity index (χ0n) is 16.6. The van der Waals surface area contributed by atoms with Gasteiger partial charge in [0, 0.05) is 11.8 Å². The van der Waals surface area contributed by atoms with Gasteiger partial charge in [0.1, 0.15) is 23.1 Å². The molecular formula is C24H18F2N2O3. The minimum absolute atomic E-state index is 0.0219. The highest BCUT2D eigenvalue weighted by atomic mass is 19.1. The molecular weight excluding hydrogens is 402 g/mol. The lowest BCUT2D eigenvalue weighted by atomic mass is 10.0. The predicted molar refractivity (Wildman–Crippen MR) is 112 cm³/mol. The van der Waals surface area contributed by atoms with Crippen molar-refractivity contribution in [3.63, 3.8) is 0 Å². The molecule has 4 rings (SSSR count). The van der Waals surface area contributed by atoms with Crippen molar-refractivity contribution in [3.05, 3.63) is 101 Å². The van der Waals surface area contributed by atoms with E-state index in [9.17, 15) is 18.4 Å². The number of anilines is 1. The normalized spacial score (nSPS) is 13.7. The smallest absolute Gasteiger partial charge is 0.278 e. The molecule has 7 heteroatoms. The summed E-state index contributed by atoms with van der Waals surface area (Å²) in [6.07, 6.45) is 0. The van der Waals surface area contributed by atoms with Gasteiger partial charge in [-0.3, -0.25) is 14.5 Å². The van der Waals surface area contributed by atoms with Crippen molar-refractivity contribution in [2.45, 2.75) is 6.54 Å². The van der Waals surface area contributed by atoms with E-state index in [-0.39, 0.29) is 17.8 Å². The van der Waals surface area contributed by atoms with Crippen LogP contribution in [0.15, 0.2) is 78.5 Å². The van der Waals surface area contributed by atoms with Crippen LogP contribution in [-0.2, 0) is 16.1 Å². The molecule has 5 nitrogen and oxygen atoms in total. The maximum Gasteiger partial charge on any atom is 0.278 e. The molecule has 3 aromatic carbocycles. The van der Waals surface area contributed by atoms with Crippen LogP contribution < -0.4 is 10.1 Å². The number of nitrogens with one attached hydrogen (secondary N) is 1. The van der Waals surface area contributed by atoms with Gasteiger partial charge in [0.05, 0.1) is 19.2 Å². The van der Waals surface area contributed by atoms with Crippen molar-refractivity contribution in [2.24, 2.45) is 0 Å². The second-order valence-electron chi connectivity index (χ2n) is 6.94. The second kappa shape index (κ2) is 8.39. The first-order valence-electron chi connectivity index (χ1n) is 9.48. The standard InChI is InChI=1S/C24H18F2N2O3/c1-31-20-4-2-3-19(13-20)27-22-21(16-7-11-18(26)12-8-16)23(29)28(24(22)30)14-15-5-9-17(25)10-6-15/h2-13,27H,14H2,1H3. The van der Waals surface area contributed by atoms with Crippen LogP contribution >= 0.6 is 0 Å². The lowest BCUT2D eigenvalue weighted by Gasteiger charge is -2.15. The minimum Gasteiger partial charge on any atom is -0.497 e. The fourth-order valence-corrected chi connectivity index (χ4v) is 3.34. The SMILES string of the molecule is COc1cccc(NC2=C(c3ccc(F)cc3)C(=O)N(Cc3ccc(F)cc3)C2=O)c1. The summed E-state index contributed by atoms with van der Waals surface area (Å²) in [5, 5.41) is 3.02. The molecule has 0 atom stereocenters. The number of amides is 2. The van der Waals surface area contributed by atoms with Crippen LogP contribution in [0.4, 0.5) is 14.5 Å². The highest BCUT2D eigenvalue weighted by molar-refractivity contribution is 6.36. The molecule has 1 aliphatic heterocycles. The molecule has 0 aliphatic carbocycles. The van der Waals surface area contributed by atoms with E-state index >= 15 is 0 Å². The predicted octanol–water partition coefficient (Wildman–Crippen LogP) is 4.37. The number of ether oxygens (including phenoxy) is 1. The van der Waals surface area contributed by atoms with E-state index in [1.54, 1.807) is 24.3 Å². The Morgan fingerprint density at radius 2 is 1.52 bits per heavy atom. The average Bonchev–Trinajstić information content (AvgIpc) is 3.00. The third-order valence-electron chi connectivity index (χ3n) is 4.89. The number of imide groups is 1. The molecule has 0 aromatic heterocycles. The highest BCUT2D eigenvalue weighted by Gasteiger charge is 2.39. The molecule has 0 saturated carbocycles. The molecule has 2 amide bonds. The lowest BCUT2D eigenvalue weighted by molar-refractivity contribution is -0.137. The van der Waals surface area contributed by atoms with E-state index in [0.717, 1.165) is 4.90 Å². The maximum absolute atomic E-state index is 13.4. The van der Waals surface area contributed by atoms with Crippen molar-refractivity contribution in [1.82, 2.24) is 4.90 Å². The number of rotatable bonds is 6. The molecule has 1 aliphatic rings. The quantitative estimate of drug-likeness (QED) is 0.602. The number of hydrogen-bond donors (Lipinski definition) is 1. The molecule has 1 heterocycles. The highest BCUT2D eigenvalue weighted by Crippen LogP contribution is 2.32. The summed E-state index contributed by atoms with van der Waals surface area (Å²) in [5.74, 6) is -1.34. The first-order chi connectivity index (χ1) is 15.0. The van der Waals surface area contributed by atoms with Crippen LogP contribution in [0.25, 0.3) is 5.57 Å². The van der Waals surface area contributed by atoms with Crippen LogP contribution in [-0.4, -0.2) is 23.8 Å². The molecule has 0 bridgehead atoms. The van der Waals surface area contributed by atoms with Gasteiger partial charge in [-0.05, 0) is 47.5 Å². The van der Waals surface area contributed by atoms with Gasteiger partial charge in [0.25, 0.3) is 11.8 Å². The van der Waals surface area contributed by atoms with E-state index in [1.807, 2.05) is 0 Å². The Bertz CT molecular complexity index is 1170. The van der Waals surface area contributed by atoms with Crippen LogP contribution in [0.5, 0.6) is 5.75 Å². The molecule has 0 fully saturated rings. The lowest BCUT2D eigenvalue weighted by Crippen LogP contribution is -2.32. The van der Waals surface area contributed by atoms with Crippen LogP contribution in [0.3, 0.4) is 0 Å². The Hall–Kier alpha value is -4.00. The van der Waals surface area contributed by atoms with Crippen molar-refractivity contribution >= 4 is 23.1 Å². The van der Waals surface area contributed by atoms with Crippen molar-refractivity contribution in [3.8, 4) is 5.75 Å². The van der Waals surface area contributed by atoms with Crippen LogP contribution in [0.2, 0.25) is 0 Å². The third-order valence-corrected chi connectivity index (χ3v) is 4.89. The van der Waals surface area contributed by atoms with Gasteiger partial charge in [-0.15, -0.1) is 0 Å². The monoisotopic (exact) mass is 420 g/mol. The van der Waals surface area contributed by atoms with Crippen LogP contribution in [0, 0.1) is 11.6 Å². The summed E-state index contributed by atoms with van der Waals surface area (Å²) in [4.78, 5) is 27.5. The van der Waals surface area contributed by atoms with E-state index in [4.69, 9.17) is 4.74 Å². The zero-order valence-corrected chi connectivity index (χ0v) is 16.6. The Morgan fingerprint density at radius 3 is 2.16 bits per heavy atom. The number of carbonyl (C=O) groups excluding carboxylic acids is 2. The molecule has 3 aromatic rings. The molecule has 1 N–H and O–H groups in total. The van der Waals surface area contributed by atoms with E-state index in [1.165, 1.54) is 55.6 Å². The van der Waals surface area contributed by atoms with Gasteiger partial charge in [0.2, 0.25) is 0 Å². The fraction of sp³-hybridized carbons (Fsp3) is 0.0833. The summed E-state index contributed by atoms with van der Waals surface area (Å²) in [5.41, 5.74) is 1.77. The van der Waals surface area contributed by atoms with E-state index in [0.29, 0.717) is 22.6 Å². The summed E-state index contributed by atoms with van der Waals surface area (Å²) in [6.45, 7) is -0.0219. The van der Waals surface area contributed by atoms with Crippen molar-refractivity contribution in [2.75, 3.05) is 12.4 Å². The molecule has 31 heavy (non-hydrogen) atoms. The Morgan fingerprint density at radius 1 is 0.871 bits per heavy atom.